The van der Waals surface area contributed by atoms with Gasteiger partial charge in [-0.3, -0.25) is 14.5 Å². The van der Waals surface area contributed by atoms with E-state index < -0.39 is 17.6 Å². The van der Waals surface area contributed by atoms with Gasteiger partial charge in [-0.15, -0.1) is 0 Å². The molecule has 2 fully saturated rings. The second kappa shape index (κ2) is 8.38. The van der Waals surface area contributed by atoms with Gasteiger partial charge in [-0.2, -0.15) is 13.2 Å². The van der Waals surface area contributed by atoms with Crippen molar-refractivity contribution < 1.29 is 22.8 Å². The molecule has 1 saturated heterocycles. The lowest BCUT2D eigenvalue weighted by atomic mass is 10.1. The Balaban J connectivity index is 1.66. The zero-order chi connectivity index (χ0) is 20.3. The summed E-state index contributed by atoms with van der Waals surface area (Å²) < 4.78 is 39.3. The summed E-state index contributed by atoms with van der Waals surface area (Å²) in [5.41, 5.74) is -0.0616. The van der Waals surface area contributed by atoms with Crippen LogP contribution in [0.25, 0.3) is 0 Å². The summed E-state index contributed by atoms with van der Waals surface area (Å²) in [6, 6.07) is 3.67. The first kappa shape index (κ1) is 20.4. The monoisotopic (exact) mass is 398 g/mol. The van der Waals surface area contributed by atoms with Crippen molar-refractivity contribution in [2.24, 2.45) is 0 Å². The summed E-state index contributed by atoms with van der Waals surface area (Å²) >= 11 is 0. The maximum atomic E-state index is 13.1. The number of rotatable bonds is 7. The third-order valence-electron chi connectivity index (χ3n) is 4.81. The molecule has 0 spiro atoms. The smallest absolute Gasteiger partial charge is 0.370 e. The van der Waals surface area contributed by atoms with Crippen LogP contribution in [0.4, 0.5) is 24.5 Å². The molecule has 2 N–H and O–H groups in total. The van der Waals surface area contributed by atoms with Crippen LogP contribution in [0.15, 0.2) is 18.2 Å². The molecule has 0 aromatic heterocycles. The average Bonchev–Trinajstić information content (AvgIpc) is 3.22. The number of amides is 2. The lowest BCUT2D eigenvalue weighted by Crippen LogP contribution is -2.39. The minimum Gasteiger partial charge on any atom is -0.370 e. The van der Waals surface area contributed by atoms with E-state index in [2.05, 4.69) is 10.6 Å². The number of alkyl halides is 3. The number of hydrogen-bond acceptors (Lipinski definition) is 4. The van der Waals surface area contributed by atoms with Crippen molar-refractivity contribution in [3.8, 4) is 0 Å². The largest absolute Gasteiger partial charge is 0.416 e. The average molecular weight is 398 g/mol. The van der Waals surface area contributed by atoms with Gasteiger partial charge in [0.1, 0.15) is 0 Å². The van der Waals surface area contributed by atoms with Crippen LogP contribution in [0.1, 0.15) is 31.2 Å². The molecule has 2 amide bonds. The van der Waals surface area contributed by atoms with Crippen LogP contribution >= 0.6 is 0 Å². The molecule has 0 unspecified atom stereocenters. The van der Waals surface area contributed by atoms with E-state index in [0.717, 1.165) is 50.9 Å². The van der Waals surface area contributed by atoms with E-state index in [1.165, 1.54) is 11.0 Å². The third kappa shape index (κ3) is 5.60. The number of anilines is 2. The molecule has 3 rings (SSSR count). The number of halogens is 3. The Morgan fingerprint density at radius 1 is 1.14 bits per heavy atom. The van der Waals surface area contributed by atoms with Gasteiger partial charge in [-0.25, -0.2) is 0 Å². The summed E-state index contributed by atoms with van der Waals surface area (Å²) in [6.45, 7) is 1.46. The number of nitrogens with one attached hydrogen (secondary N) is 2. The Morgan fingerprint density at radius 2 is 1.79 bits per heavy atom. The Morgan fingerprint density at radius 3 is 2.39 bits per heavy atom. The van der Waals surface area contributed by atoms with Crippen LogP contribution < -0.4 is 15.5 Å². The molecule has 1 aliphatic carbocycles. The van der Waals surface area contributed by atoms with E-state index in [-0.39, 0.29) is 30.7 Å². The highest BCUT2D eigenvalue weighted by atomic mass is 19.4. The second-order valence-corrected chi connectivity index (χ2v) is 7.49. The number of likely N-dealkylation sites (N-methyl/N-ethyl adjacent to an activating group) is 1. The number of carbonyl (C=O) groups excluding carboxylic acids is 2. The summed E-state index contributed by atoms with van der Waals surface area (Å²) in [5.74, 6) is -0.615. The topological polar surface area (TPSA) is 64.7 Å². The molecule has 0 radical (unpaired) electrons. The van der Waals surface area contributed by atoms with Crippen LogP contribution in [0.3, 0.4) is 0 Å². The molecular weight excluding hydrogens is 373 g/mol. The molecule has 1 saturated carbocycles. The fourth-order valence-electron chi connectivity index (χ4n) is 3.28. The van der Waals surface area contributed by atoms with Gasteiger partial charge in [0.25, 0.3) is 0 Å². The number of carbonyl (C=O) groups is 2. The van der Waals surface area contributed by atoms with E-state index in [9.17, 15) is 22.8 Å². The van der Waals surface area contributed by atoms with Crippen LogP contribution in [-0.2, 0) is 15.8 Å². The van der Waals surface area contributed by atoms with Gasteiger partial charge in [0.2, 0.25) is 11.8 Å². The van der Waals surface area contributed by atoms with Crippen molar-refractivity contribution in [1.82, 2.24) is 10.2 Å². The molecular formula is C19H25F3N4O2. The van der Waals surface area contributed by atoms with Crippen LogP contribution in [0.2, 0.25) is 0 Å². The van der Waals surface area contributed by atoms with Gasteiger partial charge in [0.05, 0.1) is 30.0 Å². The maximum Gasteiger partial charge on any atom is 0.416 e. The van der Waals surface area contributed by atoms with Gasteiger partial charge in [-0.05, 0) is 50.9 Å². The van der Waals surface area contributed by atoms with E-state index >= 15 is 0 Å². The Hall–Kier alpha value is -2.29. The van der Waals surface area contributed by atoms with Gasteiger partial charge in [0, 0.05) is 19.1 Å². The first-order valence-electron chi connectivity index (χ1n) is 9.46. The van der Waals surface area contributed by atoms with Crippen LogP contribution in [0, 0.1) is 0 Å². The first-order chi connectivity index (χ1) is 13.2. The molecule has 0 bridgehead atoms. The standard InChI is InChI=1S/C19H25F3N4O2/c1-25(11-17(27)23-14-5-6-14)12-18(28)24-15-10-13(19(20,21)22)4-7-16(15)26-8-2-3-9-26/h4,7,10,14H,2-3,5-6,8-9,11-12H2,1H3,(H,23,27)(H,24,28). The van der Waals surface area contributed by atoms with E-state index in [4.69, 9.17) is 0 Å². The highest BCUT2D eigenvalue weighted by Crippen LogP contribution is 2.36. The number of benzene rings is 1. The van der Waals surface area contributed by atoms with Crippen molar-refractivity contribution >= 4 is 23.2 Å². The van der Waals surface area contributed by atoms with Gasteiger partial charge in [-0.1, -0.05) is 0 Å². The second-order valence-electron chi connectivity index (χ2n) is 7.49. The Kier molecular flexibility index (Phi) is 6.12. The maximum absolute atomic E-state index is 13.1. The van der Waals surface area contributed by atoms with Crippen molar-refractivity contribution in [2.75, 3.05) is 43.4 Å². The van der Waals surface area contributed by atoms with Crippen LogP contribution in [0.5, 0.6) is 0 Å². The highest BCUT2D eigenvalue weighted by Gasteiger charge is 2.32. The molecule has 2 aliphatic rings. The lowest BCUT2D eigenvalue weighted by Gasteiger charge is -2.23. The van der Waals surface area contributed by atoms with Crippen molar-refractivity contribution in [2.45, 2.75) is 37.9 Å². The summed E-state index contributed by atoms with van der Waals surface area (Å²) in [7, 11) is 1.62. The molecule has 1 aromatic carbocycles. The van der Waals surface area contributed by atoms with E-state index in [0.29, 0.717) is 5.69 Å². The Bertz CT molecular complexity index is 728. The molecule has 1 heterocycles. The van der Waals surface area contributed by atoms with E-state index in [1.54, 1.807) is 7.05 Å². The van der Waals surface area contributed by atoms with E-state index in [1.807, 2.05) is 4.90 Å². The molecule has 9 heteroatoms. The molecule has 6 nitrogen and oxygen atoms in total. The number of hydrogen-bond donors (Lipinski definition) is 2. The van der Waals surface area contributed by atoms with Crippen LogP contribution in [-0.4, -0.2) is 56.0 Å². The molecule has 1 aromatic rings. The van der Waals surface area contributed by atoms with Gasteiger partial charge >= 0.3 is 6.18 Å². The fraction of sp³-hybridized carbons (Fsp3) is 0.579. The Labute approximate surface area is 162 Å². The quantitative estimate of drug-likeness (QED) is 0.741. The van der Waals surface area contributed by atoms with Crippen molar-refractivity contribution in [3.63, 3.8) is 0 Å². The fourth-order valence-corrected chi connectivity index (χ4v) is 3.28. The lowest BCUT2D eigenvalue weighted by molar-refractivity contribution is -0.137. The SMILES string of the molecule is CN(CC(=O)Nc1cc(C(F)(F)F)ccc1N1CCCC1)CC(=O)NC1CC1. The zero-order valence-electron chi connectivity index (χ0n) is 15.8. The first-order valence-corrected chi connectivity index (χ1v) is 9.46. The minimum absolute atomic E-state index is 0.0610. The molecule has 0 atom stereocenters. The highest BCUT2D eigenvalue weighted by molar-refractivity contribution is 5.96. The van der Waals surface area contributed by atoms with Gasteiger partial charge in [0.15, 0.2) is 0 Å². The summed E-state index contributed by atoms with van der Waals surface area (Å²) in [5, 5.41) is 5.44. The molecule has 1 aliphatic heterocycles. The normalized spacial score (nSPS) is 17.1. The number of nitrogens with zero attached hydrogens (tertiary/aromatic N) is 2. The third-order valence-corrected chi connectivity index (χ3v) is 4.81. The summed E-state index contributed by atoms with van der Waals surface area (Å²) in [6.07, 6.45) is -0.600. The zero-order valence-corrected chi connectivity index (χ0v) is 15.8. The van der Waals surface area contributed by atoms with Crippen molar-refractivity contribution in [3.05, 3.63) is 23.8 Å². The molecule has 28 heavy (non-hydrogen) atoms. The molecule has 154 valence electrons. The van der Waals surface area contributed by atoms with Crippen molar-refractivity contribution in [1.29, 1.82) is 0 Å². The summed E-state index contributed by atoms with van der Waals surface area (Å²) in [4.78, 5) is 27.7. The predicted octanol–water partition coefficient (Wildman–Crippen LogP) is 2.45. The predicted molar refractivity (Wildman–Crippen MR) is 100 cm³/mol. The minimum atomic E-state index is -4.49. The van der Waals surface area contributed by atoms with Gasteiger partial charge < -0.3 is 15.5 Å².